The van der Waals surface area contributed by atoms with Crippen LogP contribution in [0.4, 0.5) is 5.69 Å². The molecule has 0 saturated carbocycles. The predicted molar refractivity (Wildman–Crippen MR) is 112 cm³/mol. The first kappa shape index (κ1) is 21.0. The number of amides is 2. The summed E-state index contributed by atoms with van der Waals surface area (Å²) in [5.41, 5.74) is 1.35. The normalized spacial score (nSPS) is 11.7. The van der Waals surface area contributed by atoms with Gasteiger partial charge in [0.2, 0.25) is 5.88 Å². The van der Waals surface area contributed by atoms with E-state index in [-0.39, 0.29) is 12.6 Å². The second-order valence-electron chi connectivity index (χ2n) is 6.89. The van der Waals surface area contributed by atoms with Gasteiger partial charge in [-0.25, -0.2) is 4.98 Å². The molecular weight excluding hydrogens is 384 g/mol. The molecule has 0 fully saturated rings. The summed E-state index contributed by atoms with van der Waals surface area (Å²) in [6, 6.07) is 12.2. The van der Waals surface area contributed by atoms with E-state index < -0.39 is 11.8 Å². The number of pyridine rings is 1. The maximum atomic E-state index is 12.3. The Balaban J connectivity index is 1.57. The minimum absolute atomic E-state index is 0.109. The van der Waals surface area contributed by atoms with E-state index in [1.54, 1.807) is 35.1 Å². The molecule has 3 rings (SSSR count). The van der Waals surface area contributed by atoms with Gasteiger partial charge in [0, 0.05) is 43.3 Å². The maximum absolute atomic E-state index is 12.3. The van der Waals surface area contributed by atoms with E-state index in [0.29, 0.717) is 17.3 Å². The van der Waals surface area contributed by atoms with Crippen LogP contribution in [-0.4, -0.2) is 52.1 Å². The molecule has 0 radical (unpaired) electrons. The Morgan fingerprint density at radius 1 is 1.17 bits per heavy atom. The van der Waals surface area contributed by atoms with Crippen molar-refractivity contribution >= 4 is 17.5 Å². The first-order valence-electron chi connectivity index (χ1n) is 9.35. The SMILES string of the molecule is CN(C)[C@H](CNC(=O)C(=O)Nc1ccnc(Oc2ccccc2)c1)c1cnn(C)c1. The monoisotopic (exact) mass is 408 g/mol. The van der Waals surface area contributed by atoms with Crippen LogP contribution in [0.15, 0.2) is 61.1 Å². The Morgan fingerprint density at radius 3 is 2.60 bits per heavy atom. The molecule has 0 saturated heterocycles. The van der Waals surface area contributed by atoms with Crippen molar-refractivity contribution in [2.45, 2.75) is 6.04 Å². The van der Waals surface area contributed by atoms with Crippen LogP contribution in [0.2, 0.25) is 0 Å². The number of anilines is 1. The molecule has 2 N–H and O–H groups in total. The number of likely N-dealkylation sites (N-methyl/N-ethyl adjacent to an activating group) is 1. The van der Waals surface area contributed by atoms with Crippen LogP contribution >= 0.6 is 0 Å². The van der Waals surface area contributed by atoms with Gasteiger partial charge in [-0.3, -0.25) is 14.3 Å². The van der Waals surface area contributed by atoms with Crippen LogP contribution in [-0.2, 0) is 16.6 Å². The van der Waals surface area contributed by atoms with Gasteiger partial charge in [0.1, 0.15) is 5.75 Å². The average Bonchev–Trinajstić information content (AvgIpc) is 3.14. The standard InChI is InChI=1S/C21H24N6O3/c1-26(2)18(15-12-24-27(3)14-15)13-23-20(28)21(29)25-16-9-10-22-19(11-16)30-17-7-5-4-6-8-17/h4-12,14,18H,13H2,1-3H3,(H,23,28)(H,22,25,29)/t18-/m1/s1. The molecule has 0 aliphatic carbocycles. The van der Waals surface area contributed by atoms with Gasteiger partial charge in [0.15, 0.2) is 0 Å². The number of carbonyl (C=O) groups is 2. The molecular formula is C21H24N6O3. The van der Waals surface area contributed by atoms with E-state index in [1.807, 2.05) is 50.4 Å². The van der Waals surface area contributed by atoms with Crippen LogP contribution in [0.25, 0.3) is 0 Å². The second kappa shape index (κ2) is 9.66. The van der Waals surface area contributed by atoms with Gasteiger partial charge < -0.3 is 20.3 Å². The Morgan fingerprint density at radius 2 is 1.93 bits per heavy atom. The Hall–Kier alpha value is -3.72. The zero-order chi connectivity index (χ0) is 21.5. The molecule has 1 atom stereocenters. The highest BCUT2D eigenvalue weighted by atomic mass is 16.5. The lowest BCUT2D eigenvalue weighted by Gasteiger charge is -2.23. The van der Waals surface area contributed by atoms with E-state index in [9.17, 15) is 9.59 Å². The molecule has 2 amide bonds. The minimum atomic E-state index is -0.768. The number of aryl methyl sites for hydroxylation is 1. The number of rotatable bonds is 7. The first-order chi connectivity index (χ1) is 14.4. The second-order valence-corrected chi connectivity index (χ2v) is 6.89. The number of para-hydroxylation sites is 1. The van der Waals surface area contributed by atoms with Gasteiger partial charge in [-0.05, 0) is 32.3 Å². The third-order valence-corrected chi connectivity index (χ3v) is 4.35. The molecule has 3 aromatic rings. The van der Waals surface area contributed by atoms with Crippen molar-refractivity contribution in [1.29, 1.82) is 0 Å². The fourth-order valence-electron chi connectivity index (χ4n) is 2.82. The Labute approximate surface area is 174 Å². The molecule has 0 spiro atoms. The van der Waals surface area contributed by atoms with Crippen molar-refractivity contribution in [2.75, 3.05) is 26.0 Å². The predicted octanol–water partition coefficient (Wildman–Crippen LogP) is 1.96. The van der Waals surface area contributed by atoms with E-state index >= 15 is 0 Å². The molecule has 30 heavy (non-hydrogen) atoms. The summed E-state index contributed by atoms with van der Waals surface area (Å²) >= 11 is 0. The molecule has 0 bridgehead atoms. The molecule has 156 valence electrons. The van der Waals surface area contributed by atoms with Gasteiger partial charge in [-0.1, -0.05) is 18.2 Å². The van der Waals surface area contributed by atoms with Gasteiger partial charge in [-0.15, -0.1) is 0 Å². The van der Waals surface area contributed by atoms with Crippen molar-refractivity contribution < 1.29 is 14.3 Å². The molecule has 0 unspecified atom stereocenters. The lowest BCUT2D eigenvalue weighted by molar-refractivity contribution is -0.136. The highest BCUT2D eigenvalue weighted by Gasteiger charge is 2.20. The summed E-state index contributed by atoms with van der Waals surface area (Å²) in [7, 11) is 5.62. The summed E-state index contributed by atoms with van der Waals surface area (Å²) in [4.78, 5) is 30.6. The van der Waals surface area contributed by atoms with Gasteiger partial charge >= 0.3 is 11.8 Å². The lowest BCUT2D eigenvalue weighted by Crippen LogP contribution is -2.40. The number of ether oxygens (including phenoxy) is 1. The first-order valence-corrected chi connectivity index (χ1v) is 9.35. The number of hydrogen-bond acceptors (Lipinski definition) is 6. The summed E-state index contributed by atoms with van der Waals surface area (Å²) in [5.74, 6) is -0.566. The van der Waals surface area contributed by atoms with Crippen LogP contribution in [0.1, 0.15) is 11.6 Å². The van der Waals surface area contributed by atoms with E-state index in [0.717, 1.165) is 5.56 Å². The molecule has 9 nitrogen and oxygen atoms in total. The van der Waals surface area contributed by atoms with E-state index in [1.165, 1.54) is 6.20 Å². The summed E-state index contributed by atoms with van der Waals surface area (Å²) in [6.07, 6.45) is 5.11. The smallest absolute Gasteiger partial charge is 0.313 e. The Kier molecular flexibility index (Phi) is 6.76. The van der Waals surface area contributed by atoms with Crippen molar-refractivity contribution in [3.8, 4) is 11.6 Å². The van der Waals surface area contributed by atoms with Crippen molar-refractivity contribution in [2.24, 2.45) is 7.05 Å². The van der Waals surface area contributed by atoms with Crippen LogP contribution < -0.4 is 15.4 Å². The molecule has 9 heteroatoms. The third kappa shape index (κ3) is 5.65. The van der Waals surface area contributed by atoms with E-state index in [2.05, 4.69) is 20.7 Å². The fourth-order valence-corrected chi connectivity index (χ4v) is 2.82. The molecule has 0 aliphatic heterocycles. The largest absolute Gasteiger partial charge is 0.439 e. The van der Waals surface area contributed by atoms with Crippen molar-refractivity contribution in [3.63, 3.8) is 0 Å². The molecule has 1 aromatic carbocycles. The number of aromatic nitrogens is 3. The molecule has 2 aromatic heterocycles. The van der Waals surface area contributed by atoms with Gasteiger partial charge in [0.05, 0.1) is 12.2 Å². The Bertz CT molecular complexity index is 1000. The number of hydrogen-bond donors (Lipinski definition) is 2. The highest BCUT2D eigenvalue weighted by molar-refractivity contribution is 6.39. The number of benzene rings is 1. The molecule has 2 heterocycles. The number of carbonyl (C=O) groups excluding carboxylic acids is 2. The average molecular weight is 408 g/mol. The summed E-state index contributed by atoms with van der Waals surface area (Å²) < 4.78 is 7.33. The van der Waals surface area contributed by atoms with Crippen LogP contribution in [0.3, 0.4) is 0 Å². The number of nitrogens with one attached hydrogen (secondary N) is 2. The topological polar surface area (TPSA) is 101 Å². The minimum Gasteiger partial charge on any atom is -0.439 e. The zero-order valence-electron chi connectivity index (χ0n) is 17.1. The van der Waals surface area contributed by atoms with Crippen LogP contribution in [0, 0.1) is 0 Å². The quantitative estimate of drug-likeness (QED) is 0.580. The number of nitrogens with zero attached hydrogens (tertiary/aromatic N) is 4. The van der Waals surface area contributed by atoms with Gasteiger partial charge in [-0.2, -0.15) is 5.10 Å². The van der Waals surface area contributed by atoms with Crippen molar-refractivity contribution in [1.82, 2.24) is 25.0 Å². The molecule has 0 aliphatic rings. The highest BCUT2D eigenvalue weighted by Crippen LogP contribution is 2.21. The van der Waals surface area contributed by atoms with Gasteiger partial charge in [0.25, 0.3) is 0 Å². The summed E-state index contributed by atoms with van der Waals surface area (Å²) in [6.45, 7) is 0.268. The van der Waals surface area contributed by atoms with Crippen molar-refractivity contribution in [3.05, 3.63) is 66.6 Å². The van der Waals surface area contributed by atoms with Crippen LogP contribution in [0.5, 0.6) is 11.6 Å². The van der Waals surface area contributed by atoms with E-state index in [4.69, 9.17) is 4.74 Å². The lowest BCUT2D eigenvalue weighted by atomic mass is 10.1. The zero-order valence-corrected chi connectivity index (χ0v) is 17.1. The maximum Gasteiger partial charge on any atom is 0.313 e. The fraction of sp³-hybridized carbons (Fsp3) is 0.238. The third-order valence-electron chi connectivity index (χ3n) is 4.35. The summed E-state index contributed by atoms with van der Waals surface area (Å²) in [5, 5.41) is 9.39.